The fourth-order valence-corrected chi connectivity index (χ4v) is 5.38. The normalized spacial score (nSPS) is 17.7. The minimum Gasteiger partial charge on any atom is -0.340 e. The molecule has 0 aromatic heterocycles. The van der Waals surface area contributed by atoms with E-state index in [0.29, 0.717) is 23.9 Å². The van der Waals surface area contributed by atoms with E-state index in [1.807, 2.05) is 54.6 Å². The van der Waals surface area contributed by atoms with Crippen molar-refractivity contribution < 1.29 is 13.2 Å². The summed E-state index contributed by atoms with van der Waals surface area (Å²) >= 11 is 7.55. The van der Waals surface area contributed by atoms with E-state index in [0.717, 1.165) is 11.1 Å². The highest BCUT2D eigenvalue weighted by molar-refractivity contribution is 8.00. The molecule has 7 heteroatoms. The minimum atomic E-state index is -2.98. The first-order valence-electron chi connectivity index (χ1n) is 8.35. The molecule has 1 fully saturated rings. The van der Waals surface area contributed by atoms with Crippen molar-refractivity contribution in [3.05, 3.63) is 70.7 Å². The van der Waals surface area contributed by atoms with Crippen molar-refractivity contribution in [2.24, 2.45) is 0 Å². The summed E-state index contributed by atoms with van der Waals surface area (Å²) in [5.74, 6) is 0.410. The molecule has 26 heavy (non-hydrogen) atoms. The Labute approximate surface area is 163 Å². The molecule has 3 rings (SSSR count). The Bertz CT molecular complexity index is 840. The summed E-state index contributed by atoms with van der Waals surface area (Å²) in [6.45, 7) is 0.581. The third kappa shape index (κ3) is 5.02. The van der Waals surface area contributed by atoms with Crippen LogP contribution >= 0.6 is 23.4 Å². The van der Waals surface area contributed by atoms with E-state index in [-0.39, 0.29) is 22.7 Å². The van der Waals surface area contributed by atoms with Gasteiger partial charge in [-0.3, -0.25) is 4.79 Å². The van der Waals surface area contributed by atoms with Gasteiger partial charge in [-0.15, -0.1) is 11.8 Å². The second kappa shape index (κ2) is 8.46. The van der Waals surface area contributed by atoms with Crippen molar-refractivity contribution in [3.8, 4) is 0 Å². The molecular weight excluding hydrogens is 390 g/mol. The maximum atomic E-state index is 12.5. The van der Waals surface area contributed by atoms with Gasteiger partial charge < -0.3 is 4.90 Å². The van der Waals surface area contributed by atoms with Gasteiger partial charge in [-0.2, -0.15) is 0 Å². The molecule has 2 aromatic carbocycles. The van der Waals surface area contributed by atoms with Crippen LogP contribution < -0.4 is 0 Å². The molecule has 0 bridgehead atoms. The quantitative estimate of drug-likeness (QED) is 0.759. The molecule has 1 atom stereocenters. The van der Waals surface area contributed by atoms with Crippen LogP contribution in [-0.4, -0.2) is 49.6 Å². The maximum absolute atomic E-state index is 12.5. The Morgan fingerprint density at radius 1 is 1.00 bits per heavy atom. The number of hydrogen-bond donors (Lipinski definition) is 0. The number of benzene rings is 2. The van der Waals surface area contributed by atoms with Crippen molar-refractivity contribution in [2.45, 2.75) is 5.25 Å². The molecule has 2 aromatic rings. The van der Waals surface area contributed by atoms with Gasteiger partial charge in [0, 0.05) is 18.1 Å². The first kappa shape index (κ1) is 19.3. The van der Waals surface area contributed by atoms with Crippen molar-refractivity contribution in [1.29, 1.82) is 0 Å². The number of nitrogens with zero attached hydrogens (tertiary/aromatic N) is 1. The van der Waals surface area contributed by atoms with Crippen molar-refractivity contribution in [1.82, 2.24) is 4.90 Å². The molecule has 1 aliphatic rings. The van der Waals surface area contributed by atoms with E-state index < -0.39 is 9.84 Å². The van der Waals surface area contributed by atoms with Crippen LogP contribution in [0, 0.1) is 0 Å². The highest BCUT2D eigenvalue weighted by Gasteiger charge is 2.26. The van der Waals surface area contributed by atoms with Crippen molar-refractivity contribution >= 4 is 39.1 Å². The lowest BCUT2D eigenvalue weighted by atomic mass is 10.0. The second-order valence-corrected chi connectivity index (χ2v) is 10.0. The third-order valence-corrected chi connectivity index (χ3v) is 7.50. The van der Waals surface area contributed by atoms with E-state index in [4.69, 9.17) is 11.6 Å². The van der Waals surface area contributed by atoms with Crippen LogP contribution in [0.2, 0.25) is 5.02 Å². The van der Waals surface area contributed by atoms with E-state index in [9.17, 15) is 13.2 Å². The van der Waals surface area contributed by atoms with E-state index in [1.54, 1.807) is 16.7 Å². The van der Waals surface area contributed by atoms with Gasteiger partial charge in [-0.05, 0) is 23.3 Å². The molecule has 1 amide bonds. The molecule has 0 aliphatic carbocycles. The molecular formula is C19H20ClNO3S2. The number of thioether (sulfide) groups is 1. The topological polar surface area (TPSA) is 54.5 Å². The van der Waals surface area contributed by atoms with Gasteiger partial charge in [0.15, 0.2) is 9.84 Å². The van der Waals surface area contributed by atoms with Crippen LogP contribution in [0.3, 0.4) is 0 Å². The SMILES string of the molecule is O=C(CSC(c1ccccc1)c1ccc(Cl)cc1)N1CCS(=O)(=O)CC1. The third-order valence-electron chi connectivity index (χ3n) is 4.35. The first-order valence-corrected chi connectivity index (χ1v) is 11.6. The summed E-state index contributed by atoms with van der Waals surface area (Å²) in [5, 5.41) is 0.696. The van der Waals surface area contributed by atoms with Gasteiger partial charge in [0.25, 0.3) is 0 Å². The predicted molar refractivity (Wildman–Crippen MR) is 107 cm³/mol. The summed E-state index contributed by atoms with van der Waals surface area (Å²) in [7, 11) is -2.98. The Hall–Kier alpha value is -1.50. The molecule has 0 spiro atoms. The molecule has 1 unspecified atom stereocenters. The smallest absolute Gasteiger partial charge is 0.232 e. The average Bonchev–Trinajstić information content (AvgIpc) is 2.64. The van der Waals surface area contributed by atoms with Gasteiger partial charge in [0.1, 0.15) is 0 Å². The van der Waals surface area contributed by atoms with Gasteiger partial charge in [0.05, 0.1) is 22.5 Å². The number of hydrogen-bond acceptors (Lipinski definition) is 4. The Balaban J connectivity index is 1.70. The van der Waals surface area contributed by atoms with Crippen LogP contribution in [0.1, 0.15) is 16.4 Å². The Kier molecular flexibility index (Phi) is 6.27. The lowest BCUT2D eigenvalue weighted by Crippen LogP contribution is -2.44. The van der Waals surface area contributed by atoms with E-state index in [1.165, 1.54) is 0 Å². The number of halogens is 1. The maximum Gasteiger partial charge on any atom is 0.232 e. The molecule has 0 N–H and O–H groups in total. The van der Waals surface area contributed by atoms with Crippen LogP contribution in [0.4, 0.5) is 0 Å². The zero-order valence-corrected chi connectivity index (χ0v) is 16.6. The zero-order valence-electron chi connectivity index (χ0n) is 14.2. The lowest BCUT2D eigenvalue weighted by Gasteiger charge is -2.27. The summed E-state index contributed by atoms with van der Waals surface area (Å²) in [6.07, 6.45) is 0. The summed E-state index contributed by atoms with van der Waals surface area (Å²) in [6, 6.07) is 17.7. The van der Waals surface area contributed by atoms with Crippen LogP contribution in [0.15, 0.2) is 54.6 Å². The number of amides is 1. The number of carbonyl (C=O) groups excluding carboxylic acids is 1. The number of rotatable bonds is 5. The summed E-state index contributed by atoms with van der Waals surface area (Å²) in [4.78, 5) is 14.2. The first-order chi connectivity index (χ1) is 12.4. The molecule has 1 heterocycles. The van der Waals surface area contributed by atoms with Crippen molar-refractivity contribution in [3.63, 3.8) is 0 Å². The van der Waals surface area contributed by atoms with Crippen LogP contribution in [0.25, 0.3) is 0 Å². The molecule has 4 nitrogen and oxygen atoms in total. The van der Waals surface area contributed by atoms with Gasteiger partial charge >= 0.3 is 0 Å². The fraction of sp³-hybridized carbons (Fsp3) is 0.316. The van der Waals surface area contributed by atoms with E-state index in [2.05, 4.69) is 0 Å². The largest absolute Gasteiger partial charge is 0.340 e. The monoisotopic (exact) mass is 409 g/mol. The lowest BCUT2D eigenvalue weighted by molar-refractivity contribution is -0.128. The van der Waals surface area contributed by atoms with Gasteiger partial charge in [0.2, 0.25) is 5.91 Å². The zero-order chi connectivity index (χ0) is 18.6. The highest BCUT2D eigenvalue weighted by Crippen LogP contribution is 2.36. The second-order valence-electron chi connectivity index (χ2n) is 6.19. The molecule has 138 valence electrons. The Morgan fingerprint density at radius 2 is 1.58 bits per heavy atom. The standard InChI is InChI=1S/C19H20ClNO3S2/c20-17-8-6-16(7-9-17)19(15-4-2-1-3-5-15)25-14-18(22)21-10-12-26(23,24)13-11-21/h1-9,19H,10-14H2. The predicted octanol–water partition coefficient (Wildman–Crippen LogP) is 3.42. The van der Waals surface area contributed by atoms with Gasteiger partial charge in [-0.25, -0.2) is 8.42 Å². The molecule has 1 aliphatic heterocycles. The fourth-order valence-electron chi connectivity index (χ4n) is 2.86. The summed E-state index contributed by atoms with van der Waals surface area (Å²) in [5.41, 5.74) is 2.20. The minimum absolute atomic E-state index is 0.0141. The summed E-state index contributed by atoms with van der Waals surface area (Å²) < 4.78 is 23.1. The molecule has 0 radical (unpaired) electrons. The highest BCUT2D eigenvalue weighted by atomic mass is 35.5. The van der Waals surface area contributed by atoms with Crippen molar-refractivity contribution in [2.75, 3.05) is 30.3 Å². The molecule has 0 saturated carbocycles. The number of sulfone groups is 1. The number of carbonyl (C=O) groups is 1. The average molecular weight is 410 g/mol. The van der Waals surface area contributed by atoms with Crippen LogP contribution in [-0.2, 0) is 14.6 Å². The van der Waals surface area contributed by atoms with E-state index >= 15 is 0 Å². The van der Waals surface area contributed by atoms with Gasteiger partial charge in [-0.1, -0.05) is 54.1 Å². The van der Waals surface area contributed by atoms with Crippen LogP contribution in [0.5, 0.6) is 0 Å². The Morgan fingerprint density at radius 3 is 2.19 bits per heavy atom. The molecule has 1 saturated heterocycles.